The van der Waals surface area contributed by atoms with Gasteiger partial charge in [-0.05, 0) is 49.3 Å². The molecule has 0 fully saturated rings. The van der Waals surface area contributed by atoms with Crippen molar-refractivity contribution in [1.82, 2.24) is 0 Å². The Kier molecular flexibility index (Phi) is 4.64. The first kappa shape index (κ1) is 17.0. The van der Waals surface area contributed by atoms with Crippen molar-refractivity contribution in [1.29, 1.82) is 0 Å². The predicted octanol–water partition coefficient (Wildman–Crippen LogP) is 3.69. The lowest BCUT2D eigenvalue weighted by Gasteiger charge is -2.12. The molecule has 1 aliphatic rings. The summed E-state index contributed by atoms with van der Waals surface area (Å²) in [4.78, 5) is 12.9. The number of hydrogen-bond donors (Lipinski definition) is 2. The summed E-state index contributed by atoms with van der Waals surface area (Å²) in [6.07, 6.45) is 4.05. The van der Waals surface area contributed by atoms with Crippen molar-refractivity contribution in [3.63, 3.8) is 0 Å². The maximum Gasteiger partial charge on any atom is 0.339 e. The molecular weight excluding hydrogens is 346 g/mol. The highest BCUT2D eigenvalue weighted by Crippen LogP contribution is 2.39. The summed E-state index contributed by atoms with van der Waals surface area (Å²) in [5.74, 6) is -1.07. The molecule has 0 bridgehead atoms. The Morgan fingerprint density at radius 2 is 1.96 bits per heavy atom. The number of benzene rings is 1. The van der Waals surface area contributed by atoms with Crippen molar-refractivity contribution in [3.8, 4) is 0 Å². The Labute approximate surface area is 145 Å². The summed E-state index contributed by atoms with van der Waals surface area (Å²) < 4.78 is 28.1. The van der Waals surface area contributed by atoms with Gasteiger partial charge in [0.1, 0.15) is 5.00 Å². The van der Waals surface area contributed by atoms with Crippen LogP contribution in [0.2, 0.25) is 0 Å². The molecule has 1 heterocycles. The fourth-order valence-corrected chi connectivity index (χ4v) is 6.00. The maximum absolute atomic E-state index is 12.8. The Morgan fingerprint density at radius 1 is 1.25 bits per heavy atom. The monoisotopic (exact) mass is 365 g/mol. The molecule has 1 aromatic carbocycles. The van der Waals surface area contributed by atoms with Crippen molar-refractivity contribution in [2.45, 2.75) is 43.9 Å². The minimum atomic E-state index is -3.81. The third-order valence-corrected chi connectivity index (χ3v) is 7.04. The number of thiophene rings is 1. The van der Waals surface area contributed by atoms with Gasteiger partial charge in [-0.1, -0.05) is 25.1 Å². The van der Waals surface area contributed by atoms with Crippen LogP contribution < -0.4 is 4.72 Å². The largest absolute Gasteiger partial charge is 0.478 e. The number of anilines is 1. The Hall–Kier alpha value is -1.86. The number of nitrogens with one attached hydrogen (secondary N) is 1. The number of carbonyl (C=O) groups is 1. The van der Waals surface area contributed by atoms with Gasteiger partial charge in [-0.25, -0.2) is 13.2 Å². The highest BCUT2D eigenvalue weighted by molar-refractivity contribution is 7.93. The van der Waals surface area contributed by atoms with Gasteiger partial charge in [-0.3, -0.25) is 4.72 Å². The summed E-state index contributed by atoms with van der Waals surface area (Å²) in [6.45, 7) is 1.89. The lowest BCUT2D eigenvalue weighted by Crippen LogP contribution is -2.16. The predicted molar refractivity (Wildman–Crippen MR) is 94.5 cm³/mol. The SMILES string of the molecule is CCc1ccccc1S(=O)(=O)Nc1sc2c(c1C(=O)O)CCCC2. The number of fused-ring (bicyclic) bond motifs is 1. The topological polar surface area (TPSA) is 83.5 Å². The van der Waals surface area contributed by atoms with Crippen molar-refractivity contribution >= 4 is 32.3 Å². The normalized spacial score (nSPS) is 14.2. The molecule has 5 nitrogen and oxygen atoms in total. The minimum absolute atomic E-state index is 0.118. The molecule has 3 rings (SSSR count). The third-order valence-electron chi connectivity index (χ3n) is 4.26. The van der Waals surface area contributed by atoms with Crippen LogP contribution in [0.3, 0.4) is 0 Å². The second kappa shape index (κ2) is 6.57. The molecular formula is C17H19NO4S2. The first-order valence-corrected chi connectivity index (χ1v) is 10.2. The molecule has 0 atom stereocenters. The van der Waals surface area contributed by atoms with E-state index in [2.05, 4.69) is 4.72 Å². The van der Waals surface area contributed by atoms with E-state index in [0.29, 0.717) is 18.4 Å². The smallest absolute Gasteiger partial charge is 0.339 e. The summed E-state index contributed by atoms with van der Waals surface area (Å²) >= 11 is 1.25. The van der Waals surface area contributed by atoms with Crippen molar-refractivity contribution in [3.05, 3.63) is 45.8 Å². The first-order chi connectivity index (χ1) is 11.4. The average molecular weight is 365 g/mol. The second-order valence-electron chi connectivity index (χ2n) is 5.79. The van der Waals surface area contributed by atoms with Gasteiger partial charge in [-0.15, -0.1) is 11.3 Å². The Bertz CT molecular complexity index is 884. The molecule has 0 unspecified atom stereocenters. The van der Waals surface area contributed by atoms with E-state index >= 15 is 0 Å². The number of sulfonamides is 1. The molecule has 1 aromatic heterocycles. The van der Waals surface area contributed by atoms with E-state index in [1.165, 1.54) is 11.3 Å². The number of aromatic carboxylic acids is 1. The van der Waals surface area contributed by atoms with Gasteiger partial charge in [0, 0.05) is 4.88 Å². The van der Waals surface area contributed by atoms with Crippen LogP contribution in [0, 0.1) is 0 Å². The van der Waals surface area contributed by atoms with Crippen LogP contribution in [0.25, 0.3) is 0 Å². The molecule has 128 valence electrons. The molecule has 2 N–H and O–H groups in total. The van der Waals surface area contributed by atoms with E-state index in [1.807, 2.05) is 6.92 Å². The van der Waals surface area contributed by atoms with Gasteiger partial charge >= 0.3 is 5.97 Å². The molecule has 0 spiro atoms. The van der Waals surface area contributed by atoms with Crippen LogP contribution in [0.1, 0.15) is 46.1 Å². The molecule has 7 heteroatoms. The number of carboxylic acids is 1. The van der Waals surface area contributed by atoms with Crippen molar-refractivity contribution < 1.29 is 18.3 Å². The molecule has 0 amide bonds. The standard InChI is InChI=1S/C17H19NO4S2/c1-2-11-7-3-6-10-14(11)24(21,22)18-16-15(17(19)20)12-8-4-5-9-13(12)23-16/h3,6-7,10,18H,2,4-5,8-9H2,1H3,(H,19,20). The molecule has 1 aliphatic carbocycles. The first-order valence-electron chi connectivity index (χ1n) is 7.92. The number of aryl methyl sites for hydroxylation is 2. The summed E-state index contributed by atoms with van der Waals surface area (Å²) in [5.41, 5.74) is 1.62. The van der Waals surface area contributed by atoms with Crippen LogP contribution >= 0.6 is 11.3 Å². The molecule has 2 aromatic rings. The van der Waals surface area contributed by atoms with E-state index in [-0.39, 0.29) is 15.5 Å². The van der Waals surface area contributed by atoms with E-state index in [0.717, 1.165) is 29.7 Å². The van der Waals surface area contributed by atoms with Crippen LogP contribution in [0.15, 0.2) is 29.2 Å². The van der Waals surface area contributed by atoms with E-state index in [4.69, 9.17) is 0 Å². The zero-order chi connectivity index (χ0) is 17.3. The third kappa shape index (κ3) is 3.06. The summed E-state index contributed by atoms with van der Waals surface area (Å²) in [6, 6.07) is 6.79. The van der Waals surface area contributed by atoms with Gasteiger partial charge in [0.05, 0.1) is 10.5 Å². The highest BCUT2D eigenvalue weighted by atomic mass is 32.2. The van der Waals surface area contributed by atoms with Gasteiger partial charge in [0.25, 0.3) is 10.0 Å². The zero-order valence-electron chi connectivity index (χ0n) is 13.3. The fraction of sp³-hybridized carbons (Fsp3) is 0.353. The lowest BCUT2D eigenvalue weighted by molar-refractivity contribution is 0.0697. The van der Waals surface area contributed by atoms with Gasteiger partial charge in [-0.2, -0.15) is 0 Å². The number of rotatable bonds is 5. The zero-order valence-corrected chi connectivity index (χ0v) is 15.0. The summed E-state index contributed by atoms with van der Waals surface area (Å²) in [5, 5.41) is 9.77. The van der Waals surface area contributed by atoms with Gasteiger partial charge in [0.15, 0.2) is 0 Å². The van der Waals surface area contributed by atoms with Gasteiger partial charge < -0.3 is 5.11 Å². The van der Waals surface area contributed by atoms with Crippen LogP contribution in [0.4, 0.5) is 5.00 Å². The van der Waals surface area contributed by atoms with Crippen molar-refractivity contribution in [2.24, 2.45) is 0 Å². The average Bonchev–Trinajstić information content (AvgIpc) is 2.91. The number of carboxylic acid groups (broad SMARTS) is 1. The van der Waals surface area contributed by atoms with Crippen LogP contribution in [-0.2, 0) is 29.3 Å². The van der Waals surface area contributed by atoms with E-state index < -0.39 is 16.0 Å². The minimum Gasteiger partial charge on any atom is -0.478 e. The Balaban J connectivity index is 2.05. The molecule has 0 aliphatic heterocycles. The lowest BCUT2D eigenvalue weighted by atomic mass is 9.96. The highest BCUT2D eigenvalue weighted by Gasteiger charge is 2.28. The quantitative estimate of drug-likeness (QED) is 0.846. The second-order valence-corrected chi connectivity index (χ2v) is 8.54. The molecule has 24 heavy (non-hydrogen) atoms. The molecule has 0 radical (unpaired) electrons. The molecule has 0 saturated carbocycles. The van der Waals surface area contributed by atoms with Crippen molar-refractivity contribution in [2.75, 3.05) is 4.72 Å². The van der Waals surface area contributed by atoms with Crippen LogP contribution in [0.5, 0.6) is 0 Å². The molecule has 0 saturated heterocycles. The number of hydrogen-bond acceptors (Lipinski definition) is 4. The summed E-state index contributed by atoms with van der Waals surface area (Å²) in [7, 11) is -3.81. The van der Waals surface area contributed by atoms with E-state index in [1.54, 1.807) is 24.3 Å². The van der Waals surface area contributed by atoms with E-state index in [9.17, 15) is 18.3 Å². The van der Waals surface area contributed by atoms with Gasteiger partial charge in [0.2, 0.25) is 0 Å². The Morgan fingerprint density at radius 3 is 2.67 bits per heavy atom. The van der Waals surface area contributed by atoms with Crippen LogP contribution in [-0.4, -0.2) is 19.5 Å². The fourth-order valence-electron chi connectivity index (χ4n) is 3.10. The maximum atomic E-state index is 12.8.